The van der Waals surface area contributed by atoms with Gasteiger partial charge in [-0.25, -0.2) is 0 Å². The summed E-state index contributed by atoms with van der Waals surface area (Å²) in [4.78, 5) is 12.8. The summed E-state index contributed by atoms with van der Waals surface area (Å²) in [6, 6.07) is 19.3. The van der Waals surface area contributed by atoms with Gasteiger partial charge in [-0.15, -0.1) is 0 Å². The molecule has 0 radical (unpaired) electrons. The summed E-state index contributed by atoms with van der Waals surface area (Å²) < 4.78 is 11.2. The average molecular weight is 331 g/mol. The molecule has 0 aliphatic heterocycles. The molecular weight excluding hydrogens is 314 g/mol. The first-order chi connectivity index (χ1) is 12.3. The molecule has 1 heterocycles. The Kier molecular flexibility index (Phi) is 3.86. The van der Waals surface area contributed by atoms with E-state index in [1.807, 2.05) is 54.6 Å². The predicted octanol–water partition coefficient (Wildman–Crippen LogP) is 3.20. The van der Waals surface area contributed by atoms with Crippen molar-refractivity contribution in [3.8, 4) is 5.75 Å². The lowest BCUT2D eigenvalue weighted by molar-refractivity contribution is 0.420. The molecular formula is C21H17NO3. The lowest BCUT2D eigenvalue weighted by atomic mass is 10.0. The molecule has 0 bridgehead atoms. The number of hydrogen-bond donors (Lipinski definition) is 1. The number of hydrogen-bond acceptors (Lipinski definition) is 4. The third-order valence-electron chi connectivity index (χ3n) is 4.25. The highest BCUT2D eigenvalue weighted by molar-refractivity contribution is 6.09. The van der Waals surface area contributed by atoms with E-state index in [0.29, 0.717) is 22.9 Å². The number of nitrogens with one attached hydrogen (secondary N) is 1. The summed E-state index contributed by atoms with van der Waals surface area (Å²) in [6.07, 6.45) is 1.64. The van der Waals surface area contributed by atoms with Crippen molar-refractivity contribution in [1.82, 2.24) is 5.32 Å². The lowest BCUT2D eigenvalue weighted by Gasteiger charge is -2.08. The maximum Gasteiger partial charge on any atom is 0.230 e. The zero-order valence-electron chi connectivity index (χ0n) is 13.8. The first-order valence-electron chi connectivity index (χ1n) is 8.07. The molecule has 4 aromatic rings. The van der Waals surface area contributed by atoms with E-state index >= 15 is 0 Å². The summed E-state index contributed by atoms with van der Waals surface area (Å²) >= 11 is 0. The fourth-order valence-electron chi connectivity index (χ4n) is 3.05. The van der Waals surface area contributed by atoms with Gasteiger partial charge in [-0.3, -0.25) is 4.79 Å². The van der Waals surface area contributed by atoms with Crippen LogP contribution in [0.4, 0.5) is 0 Å². The van der Waals surface area contributed by atoms with Gasteiger partial charge in [0.05, 0.1) is 7.11 Å². The van der Waals surface area contributed by atoms with Crippen LogP contribution in [0.25, 0.3) is 27.9 Å². The normalized spacial score (nSPS) is 12.0. The van der Waals surface area contributed by atoms with Crippen molar-refractivity contribution in [2.24, 2.45) is 0 Å². The first-order valence-corrected chi connectivity index (χ1v) is 8.07. The van der Waals surface area contributed by atoms with E-state index in [1.165, 1.54) is 0 Å². The van der Waals surface area contributed by atoms with Crippen LogP contribution in [0.2, 0.25) is 0 Å². The molecule has 0 aliphatic carbocycles. The van der Waals surface area contributed by atoms with Gasteiger partial charge in [-0.2, -0.15) is 0 Å². The Bertz CT molecular complexity index is 1150. The van der Waals surface area contributed by atoms with Gasteiger partial charge in [0.25, 0.3) is 0 Å². The molecule has 0 fully saturated rings. The molecule has 0 saturated heterocycles. The highest BCUT2D eigenvalue weighted by Crippen LogP contribution is 2.30. The standard InChI is InChI=1S/C21H17NO3/c1-24-17-11-10-16-20-15(17)8-5-9-18(20)25-19(21(16)23)13-22-12-14-6-3-2-4-7-14/h2-11,13,22H,12H2,1H3. The Hall–Kier alpha value is -3.27. The molecule has 4 rings (SSSR count). The topological polar surface area (TPSA) is 51.5 Å². The van der Waals surface area contributed by atoms with Crippen molar-refractivity contribution in [3.63, 3.8) is 0 Å². The summed E-state index contributed by atoms with van der Waals surface area (Å²) in [5, 5.41) is 5.46. The van der Waals surface area contributed by atoms with Crippen molar-refractivity contribution < 1.29 is 9.15 Å². The molecule has 0 aliphatic rings. The van der Waals surface area contributed by atoms with Crippen molar-refractivity contribution in [1.29, 1.82) is 0 Å². The number of benzene rings is 3. The van der Waals surface area contributed by atoms with Crippen LogP contribution in [-0.4, -0.2) is 7.11 Å². The minimum atomic E-state index is -0.132. The molecule has 0 unspecified atom stereocenters. The second-order valence-corrected chi connectivity index (χ2v) is 5.80. The maximum absolute atomic E-state index is 12.8. The predicted molar refractivity (Wildman–Crippen MR) is 99.5 cm³/mol. The van der Waals surface area contributed by atoms with Gasteiger partial charge >= 0.3 is 0 Å². The smallest absolute Gasteiger partial charge is 0.230 e. The number of rotatable bonds is 4. The van der Waals surface area contributed by atoms with E-state index < -0.39 is 0 Å². The third kappa shape index (κ3) is 2.72. The second-order valence-electron chi connectivity index (χ2n) is 5.80. The quantitative estimate of drug-likeness (QED) is 0.624. The number of ether oxygens (including phenoxy) is 1. The Morgan fingerprint density at radius 1 is 1.00 bits per heavy atom. The minimum Gasteiger partial charge on any atom is -0.496 e. The van der Waals surface area contributed by atoms with Crippen LogP contribution in [0, 0.1) is 0 Å². The molecule has 124 valence electrons. The Morgan fingerprint density at radius 2 is 1.84 bits per heavy atom. The number of methoxy groups -OCH3 is 1. The Morgan fingerprint density at radius 3 is 2.64 bits per heavy atom. The van der Waals surface area contributed by atoms with Crippen LogP contribution in [0.1, 0.15) is 5.56 Å². The summed E-state index contributed by atoms with van der Waals surface area (Å²) in [5.74, 6) is 0.728. The van der Waals surface area contributed by atoms with Gasteiger partial charge in [0.2, 0.25) is 5.43 Å². The van der Waals surface area contributed by atoms with Crippen molar-refractivity contribution in [3.05, 3.63) is 81.9 Å². The van der Waals surface area contributed by atoms with E-state index in [1.54, 1.807) is 19.4 Å². The summed E-state index contributed by atoms with van der Waals surface area (Å²) in [5.41, 5.74) is 1.96. The molecule has 4 nitrogen and oxygen atoms in total. The van der Waals surface area contributed by atoms with Crippen LogP contribution < -0.4 is 20.9 Å². The molecule has 0 spiro atoms. The lowest BCUT2D eigenvalue weighted by Crippen LogP contribution is -2.27. The van der Waals surface area contributed by atoms with Gasteiger partial charge in [0.15, 0.2) is 5.42 Å². The molecule has 3 aromatic carbocycles. The van der Waals surface area contributed by atoms with Gasteiger partial charge in [0.1, 0.15) is 11.3 Å². The molecule has 0 amide bonds. The highest BCUT2D eigenvalue weighted by atomic mass is 16.5. The fourth-order valence-corrected chi connectivity index (χ4v) is 3.05. The van der Waals surface area contributed by atoms with Crippen LogP contribution >= 0.6 is 0 Å². The second kappa shape index (κ2) is 6.32. The van der Waals surface area contributed by atoms with Crippen LogP contribution in [-0.2, 0) is 6.54 Å². The molecule has 1 N–H and O–H groups in total. The van der Waals surface area contributed by atoms with E-state index in [9.17, 15) is 4.79 Å². The van der Waals surface area contributed by atoms with Crippen LogP contribution in [0.5, 0.6) is 5.75 Å². The van der Waals surface area contributed by atoms with Gasteiger partial charge < -0.3 is 14.5 Å². The van der Waals surface area contributed by atoms with E-state index in [-0.39, 0.29) is 5.43 Å². The van der Waals surface area contributed by atoms with Crippen LogP contribution in [0.15, 0.2) is 69.9 Å². The SMILES string of the molecule is COc1ccc2c(=O)c(=CNCc3ccccc3)oc3cccc1c32. The fraction of sp³-hybridized carbons (Fsp3) is 0.0952. The van der Waals surface area contributed by atoms with Crippen LogP contribution in [0.3, 0.4) is 0 Å². The first kappa shape index (κ1) is 15.3. The zero-order chi connectivity index (χ0) is 17.2. The van der Waals surface area contributed by atoms with E-state index in [0.717, 1.165) is 22.1 Å². The molecule has 0 saturated carbocycles. The molecule has 4 heteroatoms. The summed E-state index contributed by atoms with van der Waals surface area (Å²) in [6.45, 7) is 0.626. The van der Waals surface area contributed by atoms with Gasteiger partial charge in [-0.05, 0) is 23.8 Å². The zero-order valence-corrected chi connectivity index (χ0v) is 13.8. The summed E-state index contributed by atoms with van der Waals surface area (Å²) in [7, 11) is 1.62. The molecule has 1 aromatic heterocycles. The molecule has 25 heavy (non-hydrogen) atoms. The van der Waals surface area contributed by atoms with Crippen molar-refractivity contribution >= 4 is 27.9 Å². The Balaban J connectivity index is 1.82. The van der Waals surface area contributed by atoms with E-state index in [2.05, 4.69) is 5.32 Å². The largest absolute Gasteiger partial charge is 0.496 e. The molecule has 0 atom stereocenters. The third-order valence-corrected chi connectivity index (χ3v) is 4.25. The van der Waals surface area contributed by atoms with E-state index in [4.69, 9.17) is 9.15 Å². The average Bonchev–Trinajstić information content (AvgIpc) is 2.66. The Labute approximate surface area is 144 Å². The monoisotopic (exact) mass is 331 g/mol. The minimum absolute atomic E-state index is 0.132. The van der Waals surface area contributed by atoms with Crippen molar-refractivity contribution in [2.75, 3.05) is 7.11 Å². The van der Waals surface area contributed by atoms with Crippen molar-refractivity contribution in [2.45, 2.75) is 6.54 Å². The van der Waals surface area contributed by atoms with Gasteiger partial charge in [0, 0.05) is 28.9 Å². The maximum atomic E-state index is 12.8. The van der Waals surface area contributed by atoms with Gasteiger partial charge in [-0.1, -0.05) is 42.5 Å². The highest BCUT2D eigenvalue weighted by Gasteiger charge is 2.12.